The topological polar surface area (TPSA) is 110 Å². The van der Waals surface area contributed by atoms with E-state index in [2.05, 4.69) is 10.3 Å². The number of carbonyl (C=O) groups excluding carboxylic acids is 1. The highest BCUT2D eigenvalue weighted by Crippen LogP contribution is 2.40. The minimum Gasteiger partial charge on any atom is -0.379 e. The number of hydrogen-bond acceptors (Lipinski definition) is 6. The fourth-order valence-corrected chi connectivity index (χ4v) is 2.57. The highest BCUT2D eigenvalue weighted by molar-refractivity contribution is 5.95. The SMILES string of the molecule is CC(=O)c1ccc(NCC[C@@](O)(c2nccn2C)C(F)(F)F)c([N+](=O)[O-])c1. The van der Waals surface area contributed by atoms with Crippen LogP contribution >= 0.6 is 0 Å². The van der Waals surface area contributed by atoms with E-state index in [0.717, 1.165) is 16.8 Å². The summed E-state index contributed by atoms with van der Waals surface area (Å²) in [4.78, 5) is 25.3. The molecule has 1 aromatic carbocycles. The monoisotopic (exact) mass is 386 g/mol. The molecular formula is C16H17F3N4O4. The van der Waals surface area contributed by atoms with Crippen molar-refractivity contribution < 1.29 is 28.0 Å². The van der Waals surface area contributed by atoms with Crippen LogP contribution in [0, 0.1) is 10.1 Å². The fraction of sp³-hybridized carbons (Fsp3) is 0.375. The Kier molecular flexibility index (Phi) is 5.54. The van der Waals surface area contributed by atoms with E-state index in [1.807, 2.05) is 0 Å². The van der Waals surface area contributed by atoms with Crippen molar-refractivity contribution in [1.29, 1.82) is 0 Å². The number of nitro groups is 1. The molecule has 146 valence electrons. The molecule has 0 spiro atoms. The van der Waals surface area contributed by atoms with Gasteiger partial charge in [0, 0.05) is 44.0 Å². The minimum absolute atomic E-state index is 0.0608. The van der Waals surface area contributed by atoms with E-state index >= 15 is 0 Å². The zero-order chi connectivity index (χ0) is 20.4. The number of halogens is 3. The molecule has 0 saturated carbocycles. The summed E-state index contributed by atoms with van der Waals surface area (Å²) < 4.78 is 41.4. The zero-order valence-electron chi connectivity index (χ0n) is 14.4. The molecule has 0 aliphatic heterocycles. The maximum atomic E-state index is 13.4. The van der Waals surface area contributed by atoms with Gasteiger partial charge in [0.1, 0.15) is 11.5 Å². The number of benzene rings is 1. The summed E-state index contributed by atoms with van der Waals surface area (Å²) in [6, 6.07) is 3.61. The Morgan fingerprint density at radius 2 is 2.07 bits per heavy atom. The molecule has 0 unspecified atom stereocenters. The van der Waals surface area contributed by atoms with E-state index < -0.39 is 41.2 Å². The van der Waals surface area contributed by atoms with Crippen molar-refractivity contribution >= 4 is 17.2 Å². The third-order valence-electron chi connectivity index (χ3n) is 4.06. The highest BCUT2D eigenvalue weighted by Gasteiger charge is 2.57. The second kappa shape index (κ2) is 7.35. The van der Waals surface area contributed by atoms with Gasteiger partial charge >= 0.3 is 6.18 Å². The minimum atomic E-state index is -5.00. The number of imidazole rings is 1. The van der Waals surface area contributed by atoms with Crippen LogP contribution in [0.2, 0.25) is 0 Å². The molecular weight excluding hydrogens is 369 g/mol. The van der Waals surface area contributed by atoms with E-state index in [9.17, 15) is 33.2 Å². The van der Waals surface area contributed by atoms with E-state index in [4.69, 9.17) is 0 Å². The Morgan fingerprint density at radius 1 is 1.41 bits per heavy atom. The zero-order valence-corrected chi connectivity index (χ0v) is 14.4. The molecule has 0 saturated heterocycles. The van der Waals surface area contributed by atoms with Gasteiger partial charge < -0.3 is 15.0 Å². The standard InChI is InChI=1S/C16H17F3N4O4/c1-10(24)11-3-4-12(13(9-11)23(26)27)20-6-5-15(25,16(17,18)19)14-21-7-8-22(14)2/h3-4,7-9,20,25H,5-6H2,1-2H3/t15-/m1/s1. The smallest absolute Gasteiger partial charge is 0.379 e. The number of Topliss-reactive ketones (excluding diaryl/α,β-unsaturated/α-hetero) is 1. The predicted octanol–water partition coefficient (Wildman–Crippen LogP) is 2.78. The van der Waals surface area contributed by atoms with Crippen LogP contribution in [0.15, 0.2) is 30.6 Å². The van der Waals surface area contributed by atoms with Gasteiger partial charge in [-0.1, -0.05) is 0 Å². The Balaban J connectivity index is 2.24. The van der Waals surface area contributed by atoms with Crippen LogP contribution in [0.3, 0.4) is 0 Å². The molecule has 1 aromatic heterocycles. The molecule has 1 atom stereocenters. The number of nitro benzene ring substituents is 1. The first-order valence-electron chi connectivity index (χ1n) is 7.77. The van der Waals surface area contributed by atoms with Crippen LogP contribution in [0.4, 0.5) is 24.5 Å². The average molecular weight is 386 g/mol. The lowest BCUT2D eigenvalue weighted by atomic mass is 9.97. The van der Waals surface area contributed by atoms with Crippen molar-refractivity contribution in [3.63, 3.8) is 0 Å². The molecule has 0 fully saturated rings. The van der Waals surface area contributed by atoms with Gasteiger partial charge in [-0.2, -0.15) is 13.2 Å². The summed E-state index contributed by atoms with van der Waals surface area (Å²) >= 11 is 0. The summed E-state index contributed by atoms with van der Waals surface area (Å²) in [6.07, 6.45) is -3.43. The van der Waals surface area contributed by atoms with Crippen molar-refractivity contribution in [2.24, 2.45) is 7.05 Å². The number of alkyl halides is 3. The lowest BCUT2D eigenvalue weighted by Gasteiger charge is -2.30. The van der Waals surface area contributed by atoms with Crippen LogP contribution in [-0.2, 0) is 12.6 Å². The van der Waals surface area contributed by atoms with Crippen molar-refractivity contribution in [3.05, 3.63) is 52.1 Å². The van der Waals surface area contributed by atoms with E-state index in [1.54, 1.807) is 0 Å². The number of anilines is 1. The summed E-state index contributed by atoms with van der Waals surface area (Å²) in [5.74, 6) is -0.968. The predicted molar refractivity (Wildman–Crippen MR) is 89.4 cm³/mol. The van der Waals surface area contributed by atoms with Crippen LogP contribution in [0.5, 0.6) is 0 Å². The normalized spacial score (nSPS) is 13.9. The van der Waals surface area contributed by atoms with Crippen molar-refractivity contribution in [2.75, 3.05) is 11.9 Å². The van der Waals surface area contributed by atoms with Crippen LogP contribution in [0.25, 0.3) is 0 Å². The first-order chi connectivity index (χ1) is 12.5. The lowest BCUT2D eigenvalue weighted by molar-refractivity contribution is -0.384. The molecule has 2 rings (SSSR count). The summed E-state index contributed by atoms with van der Waals surface area (Å²) in [6.45, 7) is 0.811. The number of aryl methyl sites for hydroxylation is 1. The largest absolute Gasteiger partial charge is 0.424 e. The van der Waals surface area contributed by atoms with Gasteiger partial charge in [0.25, 0.3) is 5.69 Å². The van der Waals surface area contributed by atoms with Crippen LogP contribution in [-0.4, -0.2) is 38.1 Å². The number of nitrogens with one attached hydrogen (secondary N) is 1. The molecule has 1 heterocycles. The number of nitrogens with zero attached hydrogens (tertiary/aromatic N) is 3. The molecule has 2 aromatic rings. The van der Waals surface area contributed by atoms with E-state index in [1.165, 1.54) is 32.3 Å². The first-order valence-corrected chi connectivity index (χ1v) is 7.77. The Hall–Kier alpha value is -2.95. The molecule has 0 bridgehead atoms. The molecule has 27 heavy (non-hydrogen) atoms. The second-order valence-electron chi connectivity index (χ2n) is 5.94. The molecule has 0 aliphatic carbocycles. The second-order valence-corrected chi connectivity index (χ2v) is 5.94. The molecule has 0 amide bonds. The van der Waals surface area contributed by atoms with Gasteiger partial charge in [-0.25, -0.2) is 4.98 Å². The van der Waals surface area contributed by atoms with Crippen molar-refractivity contribution in [3.8, 4) is 0 Å². The van der Waals surface area contributed by atoms with Gasteiger partial charge in [-0.3, -0.25) is 14.9 Å². The maximum Gasteiger partial charge on any atom is 0.424 e. The molecule has 0 aliphatic rings. The molecule has 11 heteroatoms. The van der Waals surface area contributed by atoms with E-state index in [0.29, 0.717) is 0 Å². The summed E-state index contributed by atoms with van der Waals surface area (Å²) in [5.41, 5.74) is -3.64. The van der Waals surface area contributed by atoms with Crippen LogP contribution in [0.1, 0.15) is 29.5 Å². The third kappa shape index (κ3) is 4.08. The molecule has 2 N–H and O–H groups in total. The number of carbonyl (C=O) groups is 1. The number of aromatic nitrogens is 2. The lowest BCUT2D eigenvalue weighted by Crippen LogP contribution is -2.45. The number of ketones is 1. The summed E-state index contributed by atoms with van der Waals surface area (Å²) in [7, 11) is 1.32. The Morgan fingerprint density at radius 3 is 2.56 bits per heavy atom. The first kappa shape index (κ1) is 20.4. The van der Waals surface area contributed by atoms with E-state index in [-0.39, 0.29) is 17.0 Å². The average Bonchev–Trinajstić information content (AvgIpc) is 3.00. The van der Waals surface area contributed by atoms with Gasteiger partial charge in [0.05, 0.1) is 4.92 Å². The maximum absolute atomic E-state index is 13.4. The van der Waals surface area contributed by atoms with Gasteiger partial charge in [-0.15, -0.1) is 0 Å². The van der Waals surface area contributed by atoms with Crippen molar-refractivity contribution in [2.45, 2.75) is 25.1 Å². The van der Waals surface area contributed by atoms with Gasteiger partial charge in [0.2, 0.25) is 5.60 Å². The Bertz CT molecular complexity index is 866. The Labute approximate surface area is 151 Å². The van der Waals surface area contributed by atoms with Gasteiger partial charge in [0.15, 0.2) is 5.78 Å². The van der Waals surface area contributed by atoms with Crippen LogP contribution < -0.4 is 5.32 Å². The quantitative estimate of drug-likeness (QED) is 0.430. The van der Waals surface area contributed by atoms with Crippen molar-refractivity contribution in [1.82, 2.24) is 9.55 Å². The fourth-order valence-electron chi connectivity index (χ4n) is 2.57. The highest BCUT2D eigenvalue weighted by atomic mass is 19.4. The number of aliphatic hydroxyl groups is 1. The van der Waals surface area contributed by atoms with Gasteiger partial charge in [-0.05, 0) is 19.1 Å². The number of rotatable bonds is 7. The number of hydrogen-bond donors (Lipinski definition) is 2. The summed E-state index contributed by atoms with van der Waals surface area (Å²) in [5, 5.41) is 23.9. The molecule has 8 nitrogen and oxygen atoms in total. The molecule has 0 radical (unpaired) electrons. The third-order valence-corrected chi connectivity index (χ3v) is 4.06.